The van der Waals surface area contributed by atoms with Crippen LogP contribution in [-0.2, 0) is 0 Å². The third-order valence-corrected chi connectivity index (χ3v) is 2.78. The molecule has 1 rings (SSSR count). The van der Waals surface area contributed by atoms with E-state index in [1.165, 1.54) is 37.6 Å². The van der Waals surface area contributed by atoms with Crippen molar-refractivity contribution in [2.45, 2.75) is 51.9 Å². The zero-order valence-corrected chi connectivity index (χ0v) is 10.4. The van der Waals surface area contributed by atoms with Gasteiger partial charge in [-0.3, -0.25) is 9.78 Å². The van der Waals surface area contributed by atoms with Gasteiger partial charge in [0.2, 0.25) is 0 Å². The number of carbonyl (C=O) groups is 1. The lowest BCUT2D eigenvalue weighted by molar-refractivity contribution is 0.0970. The van der Waals surface area contributed by atoms with Crippen LogP contribution in [0.3, 0.4) is 0 Å². The predicted octanol–water partition coefficient (Wildman–Crippen LogP) is 4.15. The van der Waals surface area contributed by atoms with Crippen LogP contribution in [-0.4, -0.2) is 10.8 Å². The molecule has 0 N–H and O–H groups in total. The van der Waals surface area contributed by atoms with Crippen LogP contribution in [0.2, 0.25) is 0 Å². The van der Waals surface area contributed by atoms with Crippen molar-refractivity contribution in [1.29, 1.82) is 0 Å². The molecule has 0 saturated carbocycles. The molecule has 0 radical (unpaired) electrons. The molecule has 0 fully saturated rings. The van der Waals surface area contributed by atoms with E-state index in [1.807, 2.05) is 0 Å². The highest BCUT2D eigenvalue weighted by Gasteiger charge is 2.11. The maximum atomic E-state index is 13.2. The normalized spacial score (nSPS) is 10.5. The first-order chi connectivity index (χ1) is 8.25. The van der Waals surface area contributed by atoms with Crippen molar-refractivity contribution in [3.8, 4) is 0 Å². The van der Waals surface area contributed by atoms with Crippen LogP contribution < -0.4 is 0 Å². The number of carbonyl (C=O) groups excluding carboxylic acids is 1. The number of unbranched alkanes of at least 4 members (excludes halogenated alkanes) is 5. The Morgan fingerprint density at radius 1 is 1.24 bits per heavy atom. The summed E-state index contributed by atoms with van der Waals surface area (Å²) in [4.78, 5) is 15.4. The van der Waals surface area contributed by atoms with Crippen molar-refractivity contribution in [3.05, 3.63) is 29.8 Å². The lowest BCUT2D eigenvalue weighted by atomic mass is 10.1. The molecule has 0 spiro atoms. The Kier molecular flexibility index (Phi) is 6.45. The SMILES string of the molecule is CCCCCCCCC(=O)c1ncccc1F. The molecule has 17 heavy (non-hydrogen) atoms. The summed E-state index contributed by atoms with van der Waals surface area (Å²) in [6.07, 6.45) is 8.59. The highest BCUT2D eigenvalue weighted by molar-refractivity contribution is 5.94. The zero-order valence-electron chi connectivity index (χ0n) is 10.4. The Hall–Kier alpha value is -1.25. The highest BCUT2D eigenvalue weighted by atomic mass is 19.1. The van der Waals surface area contributed by atoms with Crippen molar-refractivity contribution in [3.63, 3.8) is 0 Å². The van der Waals surface area contributed by atoms with E-state index in [-0.39, 0.29) is 11.5 Å². The van der Waals surface area contributed by atoms with Gasteiger partial charge in [-0.05, 0) is 18.6 Å². The number of nitrogens with zero attached hydrogens (tertiary/aromatic N) is 1. The van der Waals surface area contributed by atoms with E-state index in [1.54, 1.807) is 0 Å². The Balaban J connectivity index is 2.24. The first kappa shape index (κ1) is 13.8. The second kappa shape index (κ2) is 7.93. The first-order valence-electron chi connectivity index (χ1n) is 6.39. The van der Waals surface area contributed by atoms with Gasteiger partial charge in [0.05, 0.1) is 0 Å². The summed E-state index contributed by atoms with van der Waals surface area (Å²) in [7, 11) is 0. The summed E-state index contributed by atoms with van der Waals surface area (Å²) in [5.41, 5.74) is -0.0129. The van der Waals surface area contributed by atoms with Crippen LogP contribution in [0.25, 0.3) is 0 Å². The molecule has 3 heteroatoms. The van der Waals surface area contributed by atoms with Crippen molar-refractivity contribution in [2.24, 2.45) is 0 Å². The second-order valence-corrected chi connectivity index (χ2v) is 4.27. The van der Waals surface area contributed by atoms with Gasteiger partial charge >= 0.3 is 0 Å². The van der Waals surface area contributed by atoms with E-state index in [2.05, 4.69) is 11.9 Å². The quantitative estimate of drug-likeness (QED) is 0.502. The van der Waals surface area contributed by atoms with Crippen molar-refractivity contribution < 1.29 is 9.18 Å². The van der Waals surface area contributed by atoms with E-state index < -0.39 is 5.82 Å². The monoisotopic (exact) mass is 237 g/mol. The minimum atomic E-state index is -0.511. The molecule has 1 heterocycles. The Morgan fingerprint density at radius 3 is 2.65 bits per heavy atom. The number of Topliss-reactive ketones (excluding diaryl/α,β-unsaturated/α-hetero) is 1. The maximum absolute atomic E-state index is 13.2. The zero-order chi connectivity index (χ0) is 12.5. The van der Waals surface area contributed by atoms with E-state index in [0.717, 1.165) is 19.3 Å². The number of hydrogen-bond donors (Lipinski definition) is 0. The molecule has 1 aromatic heterocycles. The number of aromatic nitrogens is 1. The number of halogens is 1. The average molecular weight is 237 g/mol. The molecule has 0 saturated heterocycles. The Labute approximate surface area is 102 Å². The standard InChI is InChI=1S/C14H20FNO/c1-2-3-4-5-6-7-10-13(17)14-12(15)9-8-11-16-14/h8-9,11H,2-7,10H2,1H3. The predicted molar refractivity (Wildman–Crippen MR) is 66.5 cm³/mol. The molecule has 1 aromatic rings. The lowest BCUT2D eigenvalue weighted by Crippen LogP contribution is -2.04. The van der Waals surface area contributed by atoms with Gasteiger partial charge in [0.15, 0.2) is 11.6 Å². The number of rotatable bonds is 8. The molecule has 0 aliphatic heterocycles. The van der Waals surface area contributed by atoms with Gasteiger partial charge < -0.3 is 0 Å². The van der Waals surface area contributed by atoms with Crippen LogP contribution in [0, 0.1) is 5.82 Å². The van der Waals surface area contributed by atoms with E-state index in [0.29, 0.717) is 6.42 Å². The fraction of sp³-hybridized carbons (Fsp3) is 0.571. The molecule has 0 amide bonds. The second-order valence-electron chi connectivity index (χ2n) is 4.27. The fourth-order valence-corrected chi connectivity index (χ4v) is 1.78. The number of hydrogen-bond acceptors (Lipinski definition) is 2. The van der Waals surface area contributed by atoms with Crippen LogP contribution >= 0.6 is 0 Å². The Bertz CT molecular complexity index is 352. The van der Waals surface area contributed by atoms with Gasteiger partial charge in [0, 0.05) is 12.6 Å². The van der Waals surface area contributed by atoms with E-state index >= 15 is 0 Å². The van der Waals surface area contributed by atoms with Crippen molar-refractivity contribution in [2.75, 3.05) is 0 Å². The van der Waals surface area contributed by atoms with Gasteiger partial charge in [0.25, 0.3) is 0 Å². The third-order valence-electron chi connectivity index (χ3n) is 2.78. The van der Waals surface area contributed by atoms with Gasteiger partial charge in [-0.2, -0.15) is 0 Å². The van der Waals surface area contributed by atoms with E-state index in [4.69, 9.17) is 0 Å². The summed E-state index contributed by atoms with van der Waals surface area (Å²) in [5, 5.41) is 0. The molecular weight excluding hydrogens is 217 g/mol. The van der Waals surface area contributed by atoms with Gasteiger partial charge in [-0.1, -0.05) is 39.0 Å². The lowest BCUT2D eigenvalue weighted by Gasteiger charge is -2.01. The summed E-state index contributed by atoms with van der Waals surface area (Å²) < 4.78 is 13.2. The van der Waals surface area contributed by atoms with Crippen molar-refractivity contribution >= 4 is 5.78 Å². The minimum absolute atomic E-state index is 0.0129. The minimum Gasteiger partial charge on any atom is -0.292 e. The highest BCUT2D eigenvalue weighted by Crippen LogP contribution is 2.11. The topological polar surface area (TPSA) is 30.0 Å². The van der Waals surface area contributed by atoms with Crippen molar-refractivity contribution in [1.82, 2.24) is 4.98 Å². The summed E-state index contributed by atoms with van der Waals surface area (Å²) in [5.74, 6) is -0.693. The van der Waals surface area contributed by atoms with Crippen LogP contribution in [0.1, 0.15) is 62.4 Å². The number of ketones is 1. The maximum Gasteiger partial charge on any atom is 0.184 e. The van der Waals surface area contributed by atoms with Crippen LogP contribution in [0.4, 0.5) is 4.39 Å². The molecule has 0 bridgehead atoms. The van der Waals surface area contributed by atoms with Gasteiger partial charge in [-0.25, -0.2) is 4.39 Å². The fourth-order valence-electron chi connectivity index (χ4n) is 1.78. The van der Waals surface area contributed by atoms with Crippen LogP contribution in [0.15, 0.2) is 18.3 Å². The molecule has 0 aromatic carbocycles. The van der Waals surface area contributed by atoms with Crippen LogP contribution in [0.5, 0.6) is 0 Å². The summed E-state index contributed by atoms with van der Waals surface area (Å²) >= 11 is 0. The molecule has 0 aliphatic carbocycles. The molecular formula is C14H20FNO. The van der Waals surface area contributed by atoms with E-state index in [9.17, 15) is 9.18 Å². The first-order valence-corrected chi connectivity index (χ1v) is 6.39. The third kappa shape index (κ3) is 5.07. The molecule has 0 atom stereocenters. The summed E-state index contributed by atoms with van der Waals surface area (Å²) in [6, 6.07) is 2.78. The molecule has 2 nitrogen and oxygen atoms in total. The van der Waals surface area contributed by atoms with Gasteiger partial charge in [-0.15, -0.1) is 0 Å². The molecule has 0 aliphatic rings. The number of pyridine rings is 1. The Morgan fingerprint density at radius 2 is 1.94 bits per heavy atom. The average Bonchev–Trinajstić information content (AvgIpc) is 2.34. The largest absolute Gasteiger partial charge is 0.292 e. The van der Waals surface area contributed by atoms with Gasteiger partial charge in [0.1, 0.15) is 5.69 Å². The smallest absolute Gasteiger partial charge is 0.184 e. The molecule has 94 valence electrons. The summed E-state index contributed by atoms with van der Waals surface area (Å²) in [6.45, 7) is 2.17. The molecule has 0 unspecified atom stereocenters.